The molecule has 0 N–H and O–H groups in total. The minimum Gasteiger partial charge on any atom is -0.336 e. The van der Waals surface area contributed by atoms with E-state index in [2.05, 4.69) is 28.0 Å². The summed E-state index contributed by atoms with van der Waals surface area (Å²) in [7, 11) is 0. The smallest absolute Gasteiger partial charge is 0.253 e. The van der Waals surface area contributed by atoms with Crippen molar-refractivity contribution in [2.24, 2.45) is 0 Å². The van der Waals surface area contributed by atoms with Gasteiger partial charge in [-0.3, -0.25) is 9.69 Å². The number of carbonyl (C=O) groups is 1. The molecule has 2 heterocycles. The van der Waals surface area contributed by atoms with Crippen LogP contribution >= 0.6 is 11.6 Å². The first-order valence-corrected chi connectivity index (χ1v) is 10.2. The molecule has 1 amide bonds. The van der Waals surface area contributed by atoms with Gasteiger partial charge >= 0.3 is 0 Å². The Labute approximate surface area is 175 Å². The molecule has 0 spiro atoms. The molecule has 3 aromatic rings. The number of nitrogens with zero attached hydrogens (tertiary/aromatic N) is 5. The lowest BCUT2D eigenvalue weighted by Crippen LogP contribution is -2.49. The van der Waals surface area contributed by atoms with Gasteiger partial charge in [0.05, 0.1) is 6.54 Å². The van der Waals surface area contributed by atoms with E-state index in [0.29, 0.717) is 19.6 Å². The second kappa shape index (κ2) is 8.76. The first-order valence-electron chi connectivity index (χ1n) is 9.81. The van der Waals surface area contributed by atoms with E-state index in [-0.39, 0.29) is 11.9 Å². The summed E-state index contributed by atoms with van der Waals surface area (Å²) in [5, 5.41) is 4.90. The molecule has 1 saturated heterocycles. The van der Waals surface area contributed by atoms with Crippen LogP contribution in [0.15, 0.2) is 61.2 Å². The van der Waals surface area contributed by atoms with E-state index in [4.69, 9.17) is 11.6 Å². The highest BCUT2D eigenvalue weighted by molar-refractivity contribution is 6.31. The predicted octanol–water partition coefficient (Wildman–Crippen LogP) is 3.50. The topological polar surface area (TPSA) is 54.3 Å². The van der Waals surface area contributed by atoms with Crippen LogP contribution in [0.25, 0.3) is 0 Å². The molecule has 1 aliphatic heterocycles. The molecule has 7 heteroatoms. The Hall–Kier alpha value is -2.70. The maximum atomic E-state index is 12.9. The van der Waals surface area contributed by atoms with Gasteiger partial charge in [0, 0.05) is 42.8 Å². The largest absolute Gasteiger partial charge is 0.336 e. The van der Waals surface area contributed by atoms with Gasteiger partial charge < -0.3 is 4.90 Å². The van der Waals surface area contributed by atoms with Gasteiger partial charge in [-0.2, -0.15) is 5.10 Å². The van der Waals surface area contributed by atoms with Crippen molar-refractivity contribution >= 4 is 17.5 Å². The predicted molar refractivity (Wildman–Crippen MR) is 113 cm³/mol. The lowest BCUT2D eigenvalue weighted by atomic mass is 10.1. The van der Waals surface area contributed by atoms with Crippen LogP contribution in [0.3, 0.4) is 0 Å². The summed E-state index contributed by atoms with van der Waals surface area (Å²) in [6, 6.07) is 16.0. The van der Waals surface area contributed by atoms with Crippen LogP contribution in [-0.2, 0) is 6.54 Å². The number of benzene rings is 2. The molecule has 0 aliphatic carbocycles. The molecular formula is C22H24ClN5O. The fourth-order valence-corrected chi connectivity index (χ4v) is 4.05. The van der Waals surface area contributed by atoms with Crippen LogP contribution < -0.4 is 0 Å². The highest BCUT2D eigenvalue weighted by atomic mass is 35.5. The summed E-state index contributed by atoms with van der Waals surface area (Å²) in [5.74, 6) is 0.0855. The monoisotopic (exact) mass is 409 g/mol. The number of piperazine rings is 1. The van der Waals surface area contributed by atoms with Gasteiger partial charge in [0.1, 0.15) is 12.7 Å². The molecule has 1 unspecified atom stereocenters. The molecule has 6 nitrogen and oxygen atoms in total. The Bertz CT molecular complexity index is 950. The number of hydrogen-bond acceptors (Lipinski definition) is 4. The molecular weight excluding hydrogens is 386 g/mol. The quantitative estimate of drug-likeness (QED) is 0.647. The Kier molecular flexibility index (Phi) is 5.92. The summed E-state index contributed by atoms with van der Waals surface area (Å²) in [6.45, 7) is 5.92. The average molecular weight is 410 g/mol. The molecule has 29 heavy (non-hydrogen) atoms. The van der Waals surface area contributed by atoms with Crippen molar-refractivity contribution in [3.63, 3.8) is 0 Å². The van der Waals surface area contributed by atoms with Crippen molar-refractivity contribution in [1.82, 2.24) is 24.6 Å². The Morgan fingerprint density at radius 2 is 1.79 bits per heavy atom. The molecule has 1 atom stereocenters. The fourth-order valence-electron chi connectivity index (χ4n) is 3.76. The van der Waals surface area contributed by atoms with E-state index < -0.39 is 0 Å². The first-order chi connectivity index (χ1) is 14.1. The van der Waals surface area contributed by atoms with Crippen molar-refractivity contribution in [3.05, 3.63) is 82.9 Å². The maximum absolute atomic E-state index is 12.9. The molecule has 2 aromatic carbocycles. The molecule has 1 aliphatic rings. The number of carbonyl (C=O) groups excluding carboxylic acids is 1. The van der Waals surface area contributed by atoms with Gasteiger partial charge in [-0.05, 0) is 36.2 Å². The van der Waals surface area contributed by atoms with E-state index in [0.717, 1.165) is 34.8 Å². The Morgan fingerprint density at radius 1 is 1.07 bits per heavy atom. The number of aromatic nitrogens is 3. The van der Waals surface area contributed by atoms with Crippen LogP contribution in [0.1, 0.15) is 34.5 Å². The van der Waals surface area contributed by atoms with Crippen molar-refractivity contribution in [2.75, 3.05) is 26.2 Å². The third-order valence-electron chi connectivity index (χ3n) is 5.52. The standard InChI is InChI=1S/C22H24ClN5O/c1-17(20-4-2-3-5-21(20)23)26-10-12-27(13-11-26)22(29)19-8-6-18(7-9-19)14-28-16-24-15-25-28/h2-9,15-17H,10-14H2,1H3. The lowest BCUT2D eigenvalue weighted by Gasteiger charge is -2.38. The van der Waals surface area contributed by atoms with Crippen molar-refractivity contribution < 1.29 is 4.79 Å². The van der Waals surface area contributed by atoms with E-state index in [1.54, 1.807) is 11.0 Å². The van der Waals surface area contributed by atoms with Gasteiger partial charge in [0.25, 0.3) is 5.91 Å². The van der Waals surface area contributed by atoms with E-state index in [9.17, 15) is 4.79 Å². The van der Waals surface area contributed by atoms with Crippen LogP contribution in [-0.4, -0.2) is 56.7 Å². The lowest BCUT2D eigenvalue weighted by molar-refractivity contribution is 0.0582. The van der Waals surface area contributed by atoms with E-state index in [1.807, 2.05) is 47.4 Å². The Balaban J connectivity index is 1.34. The van der Waals surface area contributed by atoms with Gasteiger partial charge in [0.2, 0.25) is 0 Å². The van der Waals surface area contributed by atoms with Crippen LogP contribution in [0.2, 0.25) is 5.02 Å². The third kappa shape index (κ3) is 4.49. The first kappa shape index (κ1) is 19.6. The van der Waals surface area contributed by atoms with E-state index >= 15 is 0 Å². The number of rotatable bonds is 5. The minimum absolute atomic E-state index is 0.0855. The van der Waals surface area contributed by atoms with Gasteiger partial charge in [-0.1, -0.05) is 41.9 Å². The van der Waals surface area contributed by atoms with Gasteiger partial charge in [-0.25, -0.2) is 9.67 Å². The average Bonchev–Trinajstić information content (AvgIpc) is 3.27. The molecule has 1 aromatic heterocycles. The third-order valence-corrected chi connectivity index (χ3v) is 5.86. The molecule has 1 fully saturated rings. The van der Waals surface area contributed by atoms with Crippen LogP contribution in [0, 0.1) is 0 Å². The SMILES string of the molecule is CC(c1ccccc1Cl)N1CCN(C(=O)c2ccc(Cn3cncn3)cc2)CC1. The van der Waals surface area contributed by atoms with Crippen molar-refractivity contribution in [2.45, 2.75) is 19.5 Å². The Morgan fingerprint density at radius 3 is 2.45 bits per heavy atom. The molecule has 0 radical (unpaired) electrons. The van der Waals surface area contributed by atoms with Crippen molar-refractivity contribution in [3.8, 4) is 0 Å². The van der Waals surface area contributed by atoms with Crippen LogP contribution in [0.4, 0.5) is 0 Å². The summed E-state index contributed by atoms with van der Waals surface area (Å²) in [4.78, 5) is 21.1. The zero-order valence-electron chi connectivity index (χ0n) is 16.4. The zero-order valence-corrected chi connectivity index (χ0v) is 17.2. The number of halogens is 1. The summed E-state index contributed by atoms with van der Waals surface area (Å²) < 4.78 is 1.76. The molecule has 0 bridgehead atoms. The molecule has 150 valence electrons. The van der Waals surface area contributed by atoms with E-state index in [1.165, 1.54) is 6.33 Å². The van der Waals surface area contributed by atoms with Crippen LogP contribution in [0.5, 0.6) is 0 Å². The molecule has 4 rings (SSSR count). The maximum Gasteiger partial charge on any atom is 0.253 e. The normalized spacial score (nSPS) is 16.0. The highest BCUT2D eigenvalue weighted by Crippen LogP contribution is 2.28. The highest BCUT2D eigenvalue weighted by Gasteiger charge is 2.26. The number of hydrogen-bond donors (Lipinski definition) is 0. The second-order valence-electron chi connectivity index (χ2n) is 7.32. The zero-order chi connectivity index (χ0) is 20.2. The minimum atomic E-state index is 0.0855. The summed E-state index contributed by atoms with van der Waals surface area (Å²) in [6.07, 6.45) is 3.20. The summed E-state index contributed by atoms with van der Waals surface area (Å²) in [5.41, 5.74) is 2.95. The van der Waals surface area contributed by atoms with Gasteiger partial charge in [-0.15, -0.1) is 0 Å². The second-order valence-corrected chi connectivity index (χ2v) is 7.72. The number of amides is 1. The van der Waals surface area contributed by atoms with Gasteiger partial charge in [0.15, 0.2) is 0 Å². The molecule has 0 saturated carbocycles. The summed E-state index contributed by atoms with van der Waals surface area (Å²) >= 11 is 6.35. The fraction of sp³-hybridized carbons (Fsp3) is 0.318. The van der Waals surface area contributed by atoms with Crippen molar-refractivity contribution in [1.29, 1.82) is 0 Å².